The van der Waals surface area contributed by atoms with Crippen LogP contribution in [0.15, 0.2) is 54.7 Å². The molecule has 24 heavy (non-hydrogen) atoms. The van der Waals surface area contributed by atoms with Crippen molar-refractivity contribution >= 4 is 45.1 Å². The van der Waals surface area contributed by atoms with Gasteiger partial charge >= 0.3 is 0 Å². The van der Waals surface area contributed by atoms with Crippen molar-refractivity contribution in [1.29, 1.82) is 0 Å². The number of likely N-dealkylation sites (N-methyl/N-ethyl adjacent to an activating group) is 1. The summed E-state index contributed by atoms with van der Waals surface area (Å²) in [5.41, 5.74) is 2.67. The van der Waals surface area contributed by atoms with E-state index in [1.807, 2.05) is 36.4 Å². The summed E-state index contributed by atoms with van der Waals surface area (Å²) in [6.45, 7) is 1.94. The maximum absolute atomic E-state index is 12.4. The van der Waals surface area contributed by atoms with Crippen LogP contribution in [0.4, 0.5) is 5.69 Å². The molecule has 0 fully saturated rings. The van der Waals surface area contributed by atoms with Gasteiger partial charge in [0.2, 0.25) is 0 Å². The van der Waals surface area contributed by atoms with Crippen LogP contribution < -0.4 is 5.32 Å². The number of nitrogens with zero attached hydrogens (tertiary/aromatic N) is 2. The van der Waals surface area contributed by atoms with Gasteiger partial charge in [-0.2, -0.15) is 0 Å². The molecule has 0 bridgehead atoms. The Morgan fingerprint density at radius 2 is 2.00 bits per heavy atom. The number of rotatable bonds is 5. The van der Waals surface area contributed by atoms with Gasteiger partial charge in [-0.1, -0.05) is 6.07 Å². The molecule has 4 nitrogen and oxygen atoms in total. The van der Waals surface area contributed by atoms with Gasteiger partial charge in [-0.15, -0.1) is 0 Å². The maximum atomic E-state index is 12.4. The molecular formula is C19H20IN3O. The summed E-state index contributed by atoms with van der Waals surface area (Å²) in [5, 5.41) is 4.11. The van der Waals surface area contributed by atoms with Gasteiger partial charge < -0.3 is 14.8 Å². The first-order valence-electron chi connectivity index (χ1n) is 7.83. The highest BCUT2D eigenvalue weighted by Gasteiger charge is 2.08. The van der Waals surface area contributed by atoms with Crippen LogP contribution in [0.25, 0.3) is 10.9 Å². The van der Waals surface area contributed by atoms with Gasteiger partial charge in [-0.05, 0) is 79.2 Å². The zero-order valence-corrected chi connectivity index (χ0v) is 15.9. The highest BCUT2D eigenvalue weighted by Crippen LogP contribution is 2.21. The Morgan fingerprint density at radius 3 is 2.75 bits per heavy atom. The summed E-state index contributed by atoms with van der Waals surface area (Å²) >= 11 is 2.21. The van der Waals surface area contributed by atoms with Crippen LogP contribution in [-0.2, 0) is 6.54 Å². The Hall–Kier alpha value is -1.86. The molecule has 1 aromatic heterocycles. The smallest absolute Gasteiger partial charge is 0.255 e. The van der Waals surface area contributed by atoms with Crippen molar-refractivity contribution < 1.29 is 4.79 Å². The minimum atomic E-state index is -0.0834. The average Bonchev–Trinajstić information content (AvgIpc) is 2.95. The second kappa shape index (κ2) is 7.36. The second-order valence-corrected chi connectivity index (χ2v) is 7.30. The first kappa shape index (κ1) is 17.0. The summed E-state index contributed by atoms with van der Waals surface area (Å²) in [5.74, 6) is -0.0834. The molecule has 0 spiro atoms. The fourth-order valence-electron chi connectivity index (χ4n) is 2.61. The van der Waals surface area contributed by atoms with Gasteiger partial charge in [0.15, 0.2) is 0 Å². The molecular weight excluding hydrogens is 413 g/mol. The van der Waals surface area contributed by atoms with E-state index >= 15 is 0 Å². The number of carbonyl (C=O) groups is 1. The third-order valence-electron chi connectivity index (χ3n) is 3.90. The molecule has 0 radical (unpaired) electrons. The van der Waals surface area contributed by atoms with Crippen LogP contribution in [-0.4, -0.2) is 36.0 Å². The highest BCUT2D eigenvalue weighted by atomic mass is 127. The fraction of sp³-hybridized carbons (Fsp3) is 0.211. The third-order valence-corrected chi connectivity index (χ3v) is 4.57. The van der Waals surface area contributed by atoms with Crippen LogP contribution in [0.2, 0.25) is 0 Å². The largest absolute Gasteiger partial charge is 0.346 e. The van der Waals surface area contributed by atoms with Gasteiger partial charge in [0.1, 0.15) is 0 Å². The zero-order chi connectivity index (χ0) is 17.1. The van der Waals surface area contributed by atoms with Gasteiger partial charge in [0.05, 0.1) is 0 Å². The Balaban J connectivity index is 1.77. The molecule has 0 unspecified atom stereocenters. The lowest BCUT2D eigenvalue weighted by Crippen LogP contribution is -2.17. The SMILES string of the molecule is CN(C)CCn1ccc2cc(NC(=O)c3cccc(I)c3)ccc21. The first-order valence-corrected chi connectivity index (χ1v) is 8.91. The van der Waals surface area contributed by atoms with Crippen molar-refractivity contribution in [2.24, 2.45) is 0 Å². The lowest BCUT2D eigenvalue weighted by atomic mass is 10.2. The number of fused-ring (bicyclic) bond motifs is 1. The van der Waals surface area contributed by atoms with Crippen molar-refractivity contribution in [1.82, 2.24) is 9.47 Å². The number of amides is 1. The quantitative estimate of drug-likeness (QED) is 0.617. The Labute approximate surface area is 155 Å². The highest BCUT2D eigenvalue weighted by molar-refractivity contribution is 14.1. The number of nitrogens with one attached hydrogen (secondary N) is 1. The van der Waals surface area contributed by atoms with Crippen LogP contribution in [0.3, 0.4) is 0 Å². The second-order valence-electron chi connectivity index (χ2n) is 6.05. The molecule has 2 aromatic carbocycles. The summed E-state index contributed by atoms with van der Waals surface area (Å²) in [4.78, 5) is 14.5. The standard InChI is InChI=1S/C19H20IN3O/c1-22(2)10-11-23-9-8-14-13-17(6-7-18(14)23)21-19(24)15-4-3-5-16(20)12-15/h3-9,12-13H,10-11H2,1-2H3,(H,21,24). The van der Waals surface area contributed by atoms with Crippen LogP contribution in [0.5, 0.6) is 0 Å². The van der Waals surface area contributed by atoms with E-state index in [0.717, 1.165) is 27.7 Å². The average molecular weight is 433 g/mol. The van der Waals surface area contributed by atoms with E-state index < -0.39 is 0 Å². The van der Waals surface area contributed by atoms with E-state index in [1.165, 1.54) is 5.52 Å². The van der Waals surface area contributed by atoms with Gasteiger partial charge in [0.25, 0.3) is 5.91 Å². The van der Waals surface area contributed by atoms with E-state index in [1.54, 1.807) is 0 Å². The van der Waals surface area contributed by atoms with Crippen molar-refractivity contribution in [3.8, 4) is 0 Å². The number of carbonyl (C=O) groups excluding carboxylic acids is 1. The predicted molar refractivity (Wildman–Crippen MR) is 108 cm³/mol. The van der Waals surface area contributed by atoms with Crippen molar-refractivity contribution in [3.63, 3.8) is 0 Å². The summed E-state index contributed by atoms with van der Waals surface area (Å²) in [7, 11) is 4.15. The number of anilines is 1. The molecule has 0 saturated heterocycles. The summed E-state index contributed by atoms with van der Waals surface area (Å²) in [6, 6.07) is 15.7. The van der Waals surface area contributed by atoms with Crippen LogP contribution in [0, 0.1) is 3.57 Å². The number of hydrogen-bond donors (Lipinski definition) is 1. The van der Waals surface area contributed by atoms with Gasteiger partial charge in [0, 0.05) is 45.0 Å². The molecule has 1 N–H and O–H groups in total. The zero-order valence-electron chi connectivity index (χ0n) is 13.8. The first-order chi connectivity index (χ1) is 11.5. The van der Waals surface area contributed by atoms with E-state index in [9.17, 15) is 4.79 Å². The minimum absolute atomic E-state index is 0.0834. The van der Waals surface area contributed by atoms with Crippen molar-refractivity contribution in [2.75, 3.05) is 26.0 Å². The van der Waals surface area contributed by atoms with E-state index in [0.29, 0.717) is 5.56 Å². The molecule has 0 aliphatic carbocycles. The van der Waals surface area contributed by atoms with Crippen LogP contribution >= 0.6 is 22.6 Å². The number of halogens is 1. The summed E-state index contributed by atoms with van der Waals surface area (Å²) < 4.78 is 3.29. The van der Waals surface area contributed by atoms with E-state index in [4.69, 9.17) is 0 Å². The lowest BCUT2D eigenvalue weighted by molar-refractivity contribution is 0.102. The molecule has 0 aliphatic heterocycles. The molecule has 0 aliphatic rings. The Bertz CT molecular complexity index is 870. The monoisotopic (exact) mass is 433 g/mol. The van der Waals surface area contributed by atoms with E-state index in [-0.39, 0.29) is 5.91 Å². The van der Waals surface area contributed by atoms with Gasteiger partial charge in [-0.3, -0.25) is 4.79 Å². The topological polar surface area (TPSA) is 37.3 Å². The minimum Gasteiger partial charge on any atom is -0.346 e. The lowest BCUT2D eigenvalue weighted by Gasteiger charge is -2.11. The Morgan fingerprint density at radius 1 is 1.17 bits per heavy atom. The predicted octanol–water partition coefficient (Wildman–Crippen LogP) is 4.06. The van der Waals surface area contributed by atoms with Crippen molar-refractivity contribution in [2.45, 2.75) is 6.54 Å². The van der Waals surface area contributed by atoms with Crippen molar-refractivity contribution in [3.05, 3.63) is 63.9 Å². The molecule has 0 saturated carbocycles. The third kappa shape index (κ3) is 3.96. The van der Waals surface area contributed by atoms with Crippen LogP contribution in [0.1, 0.15) is 10.4 Å². The molecule has 124 valence electrons. The number of benzene rings is 2. The number of aromatic nitrogens is 1. The normalized spacial score (nSPS) is 11.2. The maximum Gasteiger partial charge on any atom is 0.255 e. The molecule has 3 aromatic rings. The molecule has 5 heteroatoms. The number of hydrogen-bond acceptors (Lipinski definition) is 2. The van der Waals surface area contributed by atoms with E-state index in [2.05, 4.69) is 69.8 Å². The molecule has 3 rings (SSSR count). The van der Waals surface area contributed by atoms with Gasteiger partial charge in [-0.25, -0.2) is 0 Å². The molecule has 1 heterocycles. The molecule has 0 atom stereocenters. The molecule has 1 amide bonds. The fourth-order valence-corrected chi connectivity index (χ4v) is 3.16. The Kier molecular flexibility index (Phi) is 5.20. The summed E-state index contributed by atoms with van der Waals surface area (Å²) in [6.07, 6.45) is 2.10.